The van der Waals surface area contributed by atoms with Crippen LogP contribution in [-0.4, -0.2) is 47.8 Å². The number of rotatable bonds is 8. The zero-order valence-electron chi connectivity index (χ0n) is 11.2. The van der Waals surface area contributed by atoms with Crippen LogP contribution >= 0.6 is 0 Å². The molecule has 0 aliphatic heterocycles. The van der Waals surface area contributed by atoms with Crippen LogP contribution in [0.2, 0.25) is 0 Å². The Hall–Kier alpha value is -1.40. The normalized spacial score (nSPS) is 14.2. The Morgan fingerprint density at radius 3 is 2.89 bits per heavy atom. The number of aromatic nitrogens is 2. The molecule has 6 heteroatoms. The minimum Gasteiger partial charge on any atom is -0.383 e. The Labute approximate surface area is 108 Å². The van der Waals surface area contributed by atoms with Crippen molar-refractivity contribution in [3.8, 4) is 0 Å². The highest BCUT2D eigenvalue weighted by Gasteiger charge is 2.14. The fourth-order valence-electron chi connectivity index (χ4n) is 1.70. The highest BCUT2D eigenvalue weighted by molar-refractivity contribution is 5.81. The summed E-state index contributed by atoms with van der Waals surface area (Å²) in [5.41, 5.74) is 0. The van der Waals surface area contributed by atoms with E-state index in [0.717, 1.165) is 6.54 Å². The van der Waals surface area contributed by atoms with Crippen molar-refractivity contribution in [2.75, 3.05) is 20.3 Å². The molecule has 0 radical (unpaired) electrons. The molecule has 0 saturated heterocycles. The molecule has 0 fully saturated rings. The van der Waals surface area contributed by atoms with Crippen molar-refractivity contribution >= 4 is 5.91 Å². The highest BCUT2D eigenvalue weighted by atomic mass is 16.5. The second-order valence-corrected chi connectivity index (χ2v) is 4.33. The second-order valence-electron chi connectivity index (χ2n) is 4.33. The minimum absolute atomic E-state index is 0.00969. The van der Waals surface area contributed by atoms with Gasteiger partial charge in [-0.3, -0.25) is 4.79 Å². The van der Waals surface area contributed by atoms with E-state index in [1.165, 1.54) is 0 Å². The average Bonchev–Trinajstić information content (AvgIpc) is 2.81. The van der Waals surface area contributed by atoms with Gasteiger partial charge in [0.25, 0.3) is 0 Å². The summed E-state index contributed by atoms with van der Waals surface area (Å²) in [6.45, 7) is 5.75. The first-order valence-corrected chi connectivity index (χ1v) is 6.12. The van der Waals surface area contributed by atoms with Crippen molar-refractivity contribution in [2.24, 2.45) is 0 Å². The largest absolute Gasteiger partial charge is 0.383 e. The van der Waals surface area contributed by atoms with Gasteiger partial charge in [-0.25, -0.2) is 4.98 Å². The molecule has 2 unspecified atom stereocenters. The summed E-state index contributed by atoms with van der Waals surface area (Å²) < 4.78 is 6.86. The van der Waals surface area contributed by atoms with Gasteiger partial charge in [0.05, 0.1) is 19.0 Å². The van der Waals surface area contributed by atoms with E-state index in [2.05, 4.69) is 15.6 Å². The van der Waals surface area contributed by atoms with E-state index in [0.29, 0.717) is 13.2 Å². The van der Waals surface area contributed by atoms with E-state index in [-0.39, 0.29) is 18.0 Å². The van der Waals surface area contributed by atoms with Crippen LogP contribution in [0, 0.1) is 0 Å². The van der Waals surface area contributed by atoms with Gasteiger partial charge in [-0.2, -0.15) is 0 Å². The number of nitrogens with zero attached hydrogens (tertiary/aromatic N) is 2. The van der Waals surface area contributed by atoms with Crippen molar-refractivity contribution < 1.29 is 9.53 Å². The Morgan fingerprint density at radius 1 is 1.50 bits per heavy atom. The monoisotopic (exact) mass is 254 g/mol. The van der Waals surface area contributed by atoms with Gasteiger partial charge in [0.15, 0.2) is 0 Å². The second kappa shape index (κ2) is 7.84. The van der Waals surface area contributed by atoms with Gasteiger partial charge < -0.3 is 19.9 Å². The van der Waals surface area contributed by atoms with Crippen LogP contribution in [-0.2, 0) is 16.1 Å². The highest BCUT2D eigenvalue weighted by Crippen LogP contribution is 1.94. The Bertz CT molecular complexity index is 340. The molecule has 18 heavy (non-hydrogen) atoms. The Balaban J connectivity index is 2.25. The lowest BCUT2D eigenvalue weighted by atomic mass is 10.2. The van der Waals surface area contributed by atoms with Gasteiger partial charge in [-0.15, -0.1) is 0 Å². The molecule has 0 spiro atoms. The van der Waals surface area contributed by atoms with Crippen LogP contribution in [0.25, 0.3) is 0 Å². The molecule has 0 aliphatic carbocycles. The molecule has 1 aromatic rings. The molecule has 1 rings (SSSR count). The fourth-order valence-corrected chi connectivity index (χ4v) is 1.70. The molecule has 0 saturated carbocycles. The van der Waals surface area contributed by atoms with Gasteiger partial charge in [-0.05, 0) is 13.8 Å². The summed E-state index contributed by atoms with van der Waals surface area (Å²) in [6, 6.07) is -0.0252. The van der Waals surface area contributed by atoms with Crippen LogP contribution in [0.1, 0.15) is 13.8 Å². The first-order chi connectivity index (χ1) is 8.63. The van der Waals surface area contributed by atoms with Crippen molar-refractivity contribution in [1.82, 2.24) is 20.2 Å². The topological polar surface area (TPSA) is 68.2 Å². The predicted molar refractivity (Wildman–Crippen MR) is 69.2 cm³/mol. The van der Waals surface area contributed by atoms with Crippen LogP contribution in [0.3, 0.4) is 0 Å². The number of carbonyl (C=O) groups excluding carboxylic acids is 1. The maximum atomic E-state index is 11.7. The number of ether oxygens (including phenoxy) is 1. The van der Waals surface area contributed by atoms with Crippen molar-refractivity contribution in [3.63, 3.8) is 0 Å². The molecule has 0 bridgehead atoms. The van der Waals surface area contributed by atoms with Gasteiger partial charge in [0.1, 0.15) is 0 Å². The molecule has 102 valence electrons. The summed E-state index contributed by atoms with van der Waals surface area (Å²) in [5.74, 6) is -0.00969. The Morgan fingerprint density at radius 2 is 2.28 bits per heavy atom. The first-order valence-electron chi connectivity index (χ1n) is 6.12. The summed E-state index contributed by atoms with van der Waals surface area (Å²) in [5, 5.41) is 6.05. The molecule has 0 aliphatic rings. The lowest BCUT2D eigenvalue weighted by molar-refractivity contribution is -0.123. The number of carbonyl (C=O) groups is 1. The van der Waals surface area contributed by atoms with Gasteiger partial charge in [0.2, 0.25) is 5.91 Å². The van der Waals surface area contributed by atoms with Crippen molar-refractivity contribution in [1.29, 1.82) is 0 Å². The molecule has 0 aromatic carbocycles. The third kappa shape index (κ3) is 5.29. The summed E-state index contributed by atoms with van der Waals surface area (Å²) in [4.78, 5) is 15.7. The zero-order chi connectivity index (χ0) is 13.4. The molecule has 6 nitrogen and oxygen atoms in total. The number of hydrogen-bond acceptors (Lipinski definition) is 4. The van der Waals surface area contributed by atoms with Crippen molar-refractivity contribution in [2.45, 2.75) is 32.5 Å². The van der Waals surface area contributed by atoms with E-state index in [4.69, 9.17) is 4.74 Å². The standard InChI is InChI=1S/C12H22N4O2/c1-10(8-16-6-4-13-9-16)15-11(2)12(17)14-5-7-18-3/h4,6,9-11,15H,5,7-8H2,1-3H3,(H,14,17). The van der Waals surface area contributed by atoms with Gasteiger partial charge in [-0.1, -0.05) is 0 Å². The summed E-state index contributed by atoms with van der Waals surface area (Å²) in [6.07, 6.45) is 5.41. The predicted octanol–water partition coefficient (Wildman–Crippen LogP) is 0.0123. The summed E-state index contributed by atoms with van der Waals surface area (Å²) >= 11 is 0. The molecule has 1 heterocycles. The van der Waals surface area contributed by atoms with E-state index in [9.17, 15) is 4.79 Å². The maximum Gasteiger partial charge on any atom is 0.236 e. The quantitative estimate of drug-likeness (QED) is 0.641. The maximum absolute atomic E-state index is 11.7. The van der Waals surface area contributed by atoms with E-state index >= 15 is 0 Å². The van der Waals surface area contributed by atoms with E-state index in [1.807, 2.05) is 24.6 Å². The molecule has 2 N–H and O–H groups in total. The van der Waals surface area contributed by atoms with Crippen molar-refractivity contribution in [3.05, 3.63) is 18.7 Å². The molecular weight excluding hydrogens is 232 g/mol. The van der Waals surface area contributed by atoms with E-state index < -0.39 is 0 Å². The first kappa shape index (κ1) is 14.7. The van der Waals surface area contributed by atoms with Crippen LogP contribution in [0.15, 0.2) is 18.7 Å². The van der Waals surface area contributed by atoms with Crippen LogP contribution in [0.5, 0.6) is 0 Å². The Kier molecular flexibility index (Phi) is 6.38. The summed E-state index contributed by atoms with van der Waals surface area (Å²) in [7, 11) is 1.61. The molecule has 1 amide bonds. The van der Waals surface area contributed by atoms with Crippen LogP contribution in [0.4, 0.5) is 0 Å². The average molecular weight is 254 g/mol. The number of nitrogens with one attached hydrogen (secondary N) is 2. The van der Waals surface area contributed by atoms with Gasteiger partial charge in [0, 0.05) is 38.6 Å². The smallest absolute Gasteiger partial charge is 0.236 e. The molecule has 1 aromatic heterocycles. The van der Waals surface area contributed by atoms with Crippen LogP contribution < -0.4 is 10.6 Å². The lowest BCUT2D eigenvalue weighted by Gasteiger charge is -2.19. The third-order valence-corrected chi connectivity index (χ3v) is 2.58. The third-order valence-electron chi connectivity index (χ3n) is 2.58. The van der Waals surface area contributed by atoms with Gasteiger partial charge >= 0.3 is 0 Å². The fraction of sp³-hybridized carbons (Fsp3) is 0.667. The number of imidazole rings is 1. The number of amides is 1. The molecular formula is C12H22N4O2. The minimum atomic E-state index is -0.222. The number of methoxy groups -OCH3 is 1. The number of hydrogen-bond donors (Lipinski definition) is 2. The zero-order valence-corrected chi connectivity index (χ0v) is 11.2. The SMILES string of the molecule is COCCNC(=O)C(C)NC(C)Cn1ccnc1. The lowest BCUT2D eigenvalue weighted by Crippen LogP contribution is -2.47. The molecule has 2 atom stereocenters. The van der Waals surface area contributed by atoms with E-state index in [1.54, 1.807) is 19.6 Å².